The molecule has 8 heteroatoms. The normalized spacial score (nSPS) is 18.6. The number of benzene rings is 2. The highest BCUT2D eigenvalue weighted by Gasteiger charge is 2.39. The number of carbonyl (C=O) groups excluding carboxylic acids is 3. The average Bonchev–Trinajstić information content (AvgIpc) is 2.96. The van der Waals surface area contributed by atoms with Gasteiger partial charge in [0.1, 0.15) is 11.1 Å². The van der Waals surface area contributed by atoms with E-state index in [1.165, 1.54) is 23.7 Å². The van der Waals surface area contributed by atoms with Gasteiger partial charge in [0.15, 0.2) is 6.61 Å². The average molecular weight is 399 g/mol. The second-order valence-corrected chi connectivity index (χ2v) is 7.70. The number of nitrogens with zero attached hydrogens (tertiary/aromatic N) is 1. The van der Waals surface area contributed by atoms with Crippen molar-refractivity contribution in [3.05, 3.63) is 60.2 Å². The second-order valence-electron chi connectivity index (χ2n) is 6.28. The van der Waals surface area contributed by atoms with Crippen LogP contribution in [0.1, 0.15) is 24.8 Å². The summed E-state index contributed by atoms with van der Waals surface area (Å²) in [4.78, 5) is 35.8. The van der Waals surface area contributed by atoms with Gasteiger partial charge in [0, 0.05) is 12.6 Å². The molecular weight excluding hydrogens is 378 g/mol. The summed E-state index contributed by atoms with van der Waals surface area (Å²) < 4.78 is 5.47. The van der Waals surface area contributed by atoms with E-state index in [1.807, 2.05) is 37.3 Å². The minimum atomic E-state index is -0.421. The standard InChI is InChI=1S/C20H21N3O4S/c1-13-19(26)23(20(28-13)15-6-4-3-5-7-15)22-18(25)12-27-17-10-8-16(9-11-17)21-14(2)24/h3-11,13,20H,12H2,1-2H3,(H,21,24)(H,22,25). The van der Waals surface area contributed by atoms with E-state index in [-0.39, 0.29) is 29.0 Å². The van der Waals surface area contributed by atoms with Crippen LogP contribution in [0.25, 0.3) is 0 Å². The smallest absolute Gasteiger partial charge is 0.276 e. The maximum absolute atomic E-state index is 12.4. The Kier molecular flexibility index (Phi) is 6.20. The van der Waals surface area contributed by atoms with Gasteiger partial charge >= 0.3 is 0 Å². The Morgan fingerprint density at radius 2 is 1.79 bits per heavy atom. The number of anilines is 1. The lowest BCUT2D eigenvalue weighted by Gasteiger charge is -2.24. The number of hydrogen-bond donors (Lipinski definition) is 2. The van der Waals surface area contributed by atoms with Crippen LogP contribution >= 0.6 is 11.8 Å². The van der Waals surface area contributed by atoms with Gasteiger partial charge in [-0.05, 0) is 36.8 Å². The molecule has 146 valence electrons. The van der Waals surface area contributed by atoms with Crippen LogP contribution in [0.3, 0.4) is 0 Å². The first-order valence-electron chi connectivity index (χ1n) is 8.77. The summed E-state index contributed by atoms with van der Waals surface area (Å²) in [6, 6.07) is 16.2. The largest absolute Gasteiger partial charge is 0.484 e. The number of ether oxygens (including phenoxy) is 1. The summed E-state index contributed by atoms with van der Waals surface area (Å²) in [6.45, 7) is 3.02. The van der Waals surface area contributed by atoms with Crippen LogP contribution in [0, 0.1) is 0 Å². The predicted molar refractivity (Wildman–Crippen MR) is 107 cm³/mol. The van der Waals surface area contributed by atoms with Crippen molar-refractivity contribution in [2.45, 2.75) is 24.5 Å². The topological polar surface area (TPSA) is 87.7 Å². The van der Waals surface area contributed by atoms with Crippen molar-refractivity contribution in [1.82, 2.24) is 10.4 Å². The summed E-state index contributed by atoms with van der Waals surface area (Å²) in [7, 11) is 0. The van der Waals surface area contributed by atoms with Gasteiger partial charge in [-0.2, -0.15) is 0 Å². The van der Waals surface area contributed by atoms with E-state index >= 15 is 0 Å². The van der Waals surface area contributed by atoms with Crippen molar-refractivity contribution < 1.29 is 19.1 Å². The van der Waals surface area contributed by atoms with Crippen molar-refractivity contribution >= 4 is 35.2 Å². The fourth-order valence-corrected chi connectivity index (χ4v) is 3.95. The SMILES string of the molecule is CC(=O)Nc1ccc(OCC(=O)NN2C(=O)C(C)SC2c2ccccc2)cc1. The first-order chi connectivity index (χ1) is 13.4. The van der Waals surface area contributed by atoms with Crippen LogP contribution in [0.2, 0.25) is 0 Å². The Morgan fingerprint density at radius 3 is 2.43 bits per heavy atom. The Morgan fingerprint density at radius 1 is 1.11 bits per heavy atom. The molecule has 1 heterocycles. The molecule has 2 unspecified atom stereocenters. The molecule has 7 nitrogen and oxygen atoms in total. The molecule has 0 saturated carbocycles. The van der Waals surface area contributed by atoms with E-state index in [0.29, 0.717) is 11.4 Å². The number of thioether (sulfide) groups is 1. The molecule has 1 saturated heterocycles. The van der Waals surface area contributed by atoms with Crippen molar-refractivity contribution in [1.29, 1.82) is 0 Å². The zero-order valence-corrected chi connectivity index (χ0v) is 16.4. The molecule has 1 aliphatic heterocycles. The third-order valence-corrected chi connectivity index (χ3v) is 5.38. The van der Waals surface area contributed by atoms with Gasteiger partial charge in [0.2, 0.25) is 5.91 Å². The van der Waals surface area contributed by atoms with Crippen LogP contribution in [0.5, 0.6) is 5.75 Å². The quantitative estimate of drug-likeness (QED) is 0.780. The van der Waals surface area contributed by atoms with Gasteiger partial charge in [-0.25, -0.2) is 5.01 Å². The molecule has 2 N–H and O–H groups in total. The fourth-order valence-electron chi connectivity index (χ4n) is 2.74. The Hall–Kier alpha value is -3.00. The van der Waals surface area contributed by atoms with Gasteiger partial charge < -0.3 is 10.1 Å². The monoisotopic (exact) mass is 399 g/mol. The van der Waals surface area contributed by atoms with Crippen LogP contribution < -0.4 is 15.5 Å². The lowest BCUT2D eigenvalue weighted by Crippen LogP contribution is -2.47. The molecular formula is C20H21N3O4S. The molecule has 2 aromatic carbocycles. The highest BCUT2D eigenvalue weighted by Crippen LogP contribution is 2.41. The summed E-state index contributed by atoms with van der Waals surface area (Å²) >= 11 is 1.48. The first kappa shape index (κ1) is 19.8. The molecule has 0 radical (unpaired) electrons. The highest BCUT2D eigenvalue weighted by atomic mass is 32.2. The third-order valence-electron chi connectivity index (χ3n) is 4.03. The number of hydrogen-bond acceptors (Lipinski definition) is 5. The van der Waals surface area contributed by atoms with Gasteiger partial charge in [-0.1, -0.05) is 30.3 Å². The third kappa shape index (κ3) is 4.83. The summed E-state index contributed by atoms with van der Waals surface area (Å²) in [5.74, 6) is -0.246. The number of nitrogens with one attached hydrogen (secondary N) is 2. The molecule has 2 atom stereocenters. The number of carbonyl (C=O) groups is 3. The lowest BCUT2D eigenvalue weighted by molar-refractivity contribution is -0.141. The van der Waals surface area contributed by atoms with E-state index in [2.05, 4.69) is 10.7 Å². The Balaban J connectivity index is 1.58. The van der Waals surface area contributed by atoms with Crippen molar-refractivity contribution in [3.63, 3.8) is 0 Å². The molecule has 0 spiro atoms. The Labute approximate surface area is 167 Å². The van der Waals surface area contributed by atoms with Gasteiger partial charge in [0.25, 0.3) is 11.8 Å². The maximum Gasteiger partial charge on any atom is 0.276 e. The minimum absolute atomic E-state index is 0.146. The molecule has 0 aliphatic carbocycles. The summed E-state index contributed by atoms with van der Waals surface area (Å²) in [5.41, 5.74) is 4.24. The highest BCUT2D eigenvalue weighted by molar-refractivity contribution is 8.01. The number of hydrazine groups is 1. The zero-order valence-electron chi connectivity index (χ0n) is 15.5. The van der Waals surface area contributed by atoms with Crippen molar-refractivity contribution in [3.8, 4) is 5.75 Å². The molecule has 0 bridgehead atoms. The lowest BCUT2D eigenvalue weighted by atomic mass is 10.2. The molecule has 2 aromatic rings. The molecule has 1 aliphatic rings. The minimum Gasteiger partial charge on any atom is -0.484 e. The van der Waals surface area contributed by atoms with E-state index in [1.54, 1.807) is 24.3 Å². The van der Waals surface area contributed by atoms with Crippen molar-refractivity contribution in [2.75, 3.05) is 11.9 Å². The molecule has 0 aromatic heterocycles. The van der Waals surface area contributed by atoms with Gasteiger partial charge in [-0.3, -0.25) is 19.8 Å². The van der Waals surface area contributed by atoms with E-state index in [4.69, 9.17) is 4.74 Å². The second kappa shape index (κ2) is 8.79. The maximum atomic E-state index is 12.4. The van der Waals surface area contributed by atoms with Gasteiger partial charge in [0.05, 0.1) is 5.25 Å². The van der Waals surface area contributed by atoms with E-state index in [9.17, 15) is 14.4 Å². The van der Waals surface area contributed by atoms with Gasteiger partial charge in [-0.15, -0.1) is 11.8 Å². The number of amides is 3. The van der Waals surface area contributed by atoms with Crippen LogP contribution in [0.15, 0.2) is 54.6 Å². The predicted octanol–water partition coefficient (Wildman–Crippen LogP) is 2.72. The van der Waals surface area contributed by atoms with Crippen LogP contribution in [0.4, 0.5) is 5.69 Å². The fraction of sp³-hybridized carbons (Fsp3) is 0.250. The molecule has 1 fully saturated rings. The van der Waals surface area contributed by atoms with Crippen LogP contribution in [-0.4, -0.2) is 34.6 Å². The first-order valence-corrected chi connectivity index (χ1v) is 9.72. The summed E-state index contributed by atoms with van der Waals surface area (Å²) in [6.07, 6.45) is 0. The number of rotatable bonds is 6. The molecule has 28 heavy (non-hydrogen) atoms. The van der Waals surface area contributed by atoms with E-state index < -0.39 is 5.91 Å². The van der Waals surface area contributed by atoms with Crippen molar-refractivity contribution in [2.24, 2.45) is 0 Å². The van der Waals surface area contributed by atoms with E-state index in [0.717, 1.165) is 5.56 Å². The van der Waals surface area contributed by atoms with Crippen LogP contribution in [-0.2, 0) is 14.4 Å². The summed E-state index contributed by atoms with van der Waals surface area (Å²) in [5, 5.41) is 3.51. The molecule has 3 rings (SSSR count). The Bertz CT molecular complexity index is 858. The molecule has 3 amide bonds. The zero-order chi connectivity index (χ0) is 20.1.